The second-order valence-corrected chi connectivity index (χ2v) is 7.07. The van der Waals surface area contributed by atoms with Crippen LogP contribution in [0.3, 0.4) is 0 Å². The number of thiazole rings is 1. The summed E-state index contributed by atoms with van der Waals surface area (Å²) in [6.45, 7) is 5.81. The molecule has 1 unspecified atom stereocenters. The number of halogens is 1. The molecule has 0 aliphatic heterocycles. The van der Waals surface area contributed by atoms with E-state index in [1.807, 2.05) is 57.2 Å². The maximum Gasteiger partial charge on any atom is 0.184 e. The van der Waals surface area contributed by atoms with Gasteiger partial charge in [0.05, 0.1) is 16.3 Å². The van der Waals surface area contributed by atoms with Gasteiger partial charge in [0.2, 0.25) is 0 Å². The largest absolute Gasteiger partial charge is 0.352 e. The van der Waals surface area contributed by atoms with Gasteiger partial charge < -0.3 is 5.32 Å². The number of nitrogens with zero attached hydrogens (tertiary/aromatic N) is 1. The molecule has 0 amide bonds. The number of Topliss-reactive ketones (excluding diaryl/α,β-unsaturated/α-hetero) is 1. The normalized spacial score (nSPS) is 12.3. The second-order valence-electron chi connectivity index (χ2n) is 5.63. The first-order chi connectivity index (χ1) is 11.0. The molecule has 0 radical (unpaired) electrons. The fraction of sp³-hybridized carbons (Fsp3) is 0.222. The molecule has 1 N–H and O–H groups in total. The zero-order valence-electron chi connectivity index (χ0n) is 13.2. The second kappa shape index (κ2) is 6.30. The van der Waals surface area contributed by atoms with Crippen LogP contribution in [-0.4, -0.2) is 16.8 Å². The minimum Gasteiger partial charge on any atom is -0.352 e. The van der Waals surface area contributed by atoms with Crippen molar-refractivity contribution in [2.75, 3.05) is 5.32 Å². The quantitative estimate of drug-likeness (QED) is 0.657. The maximum absolute atomic E-state index is 12.5. The number of benzene rings is 2. The molecule has 2 aromatic carbocycles. The molecule has 23 heavy (non-hydrogen) atoms. The van der Waals surface area contributed by atoms with Crippen molar-refractivity contribution in [2.45, 2.75) is 26.8 Å². The first kappa shape index (κ1) is 16.0. The van der Waals surface area contributed by atoms with Gasteiger partial charge in [-0.15, -0.1) is 0 Å². The first-order valence-corrected chi connectivity index (χ1v) is 8.58. The number of carbonyl (C=O) groups is 1. The third-order valence-electron chi connectivity index (χ3n) is 3.82. The smallest absolute Gasteiger partial charge is 0.184 e. The average Bonchev–Trinajstić information content (AvgIpc) is 2.94. The van der Waals surface area contributed by atoms with Crippen LogP contribution in [0, 0.1) is 13.8 Å². The van der Waals surface area contributed by atoms with Gasteiger partial charge in [0, 0.05) is 10.6 Å². The van der Waals surface area contributed by atoms with Crippen molar-refractivity contribution in [1.82, 2.24) is 4.98 Å². The number of hydrogen-bond acceptors (Lipinski definition) is 4. The van der Waals surface area contributed by atoms with Crippen LogP contribution in [0.4, 0.5) is 5.13 Å². The van der Waals surface area contributed by atoms with Crippen LogP contribution in [0.2, 0.25) is 5.02 Å². The van der Waals surface area contributed by atoms with Gasteiger partial charge in [0.15, 0.2) is 10.9 Å². The molecule has 0 fully saturated rings. The molecule has 3 nitrogen and oxygen atoms in total. The summed E-state index contributed by atoms with van der Waals surface area (Å²) in [7, 11) is 0. The minimum absolute atomic E-state index is 0.0546. The summed E-state index contributed by atoms with van der Waals surface area (Å²) in [6.07, 6.45) is 0. The summed E-state index contributed by atoms with van der Waals surface area (Å²) in [5.74, 6) is 0.0546. The van der Waals surface area contributed by atoms with Crippen molar-refractivity contribution < 1.29 is 4.79 Å². The third-order valence-corrected chi connectivity index (χ3v) is 5.18. The molecule has 0 saturated heterocycles. The van der Waals surface area contributed by atoms with E-state index in [-0.39, 0.29) is 11.8 Å². The third kappa shape index (κ3) is 3.23. The van der Waals surface area contributed by atoms with E-state index in [1.165, 1.54) is 11.3 Å². The highest BCUT2D eigenvalue weighted by molar-refractivity contribution is 7.22. The molecule has 0 aliphatic carbocycles. The van der Waals surface area contributed by atoms with E-state index in [9.17, 15) is 4.79 Å². The number of nitrogens with one attached hydrogen (secondary N) is 1. The van der Waals surface area contributed by atoms with E-state index in [1.54, 1.807) is 0 Å². The fourth-order valence-electron chi connectivity index (χ4n) is 2.38. The van der Waals surface area contributed by atoms with Crippen LogP contribution < -0.4 is 5.32 Å². The fourth-order valence-corrected chi connectivity index (χ4v) is 3.55. The van der Waals surface area contributed by atoms with Crippen molar-refractivity contribution in [3.63, 3.8) is 0 Å². The van der Waals surface area contributed by atoms with Crippen LogP contribution in [-0.2, 0) is 0 Å². The maximum atomic E-state index is 12.5. The Balaban J connectivity index is 1.82. The van der Waals surface area contributed by atoms with E-state index in [0.29, 0.717) is 10.6 Å². The van der Waals surface area contributed by atoms with Gasteiger partial charge in [0.1, 0.15) is 0 Å². The van der Waals surface area contributed by atoms with Gasteiger partial charge in [-0.3, -0.25) is 4.79 Å². The summed E-state index contributed by atoms with van der Waals surface area (Å²) in [6, 6.07) is 11.1. The van der Waals surface area contributed by atoms with Crippen molar-refractivity contribution in [1.29, 1.82) is 0 Å². The molecule has 0 saturated carbocycles. The zero-order chi connectivity index (χ0) is 16.6. The van der Waals surface area contributed by atoms with Gasteiger partial charge in [0.25, 0.3) is 0 Å². The Labute approximate surface area is 144 Å². The number of rotatable bonds is 4. The Bertz CT molecular complexity index is 871. The average molecular weight is 345 g/mol. The van der Waals surface area contributed by atoms with E-state index >= 15 is 0 Å². The molecular formula is C18H17ClN2OS. The lowest BCUT2D eigenvalue weighted by atomic mass is 10.0. The van der Waals surface area contributed by atoms with Crippen molar-refractivity contribution in [3.8, 4) is 0 Å². The lowest BCUT2D eigenvalue weighted by Gasteiger charge is -2.11. The van der Waals surface area contributed by atoms with Crippen LogP contribution in [0.1, 0.15) is 28.4 Å². The topological polar surface area (TPSA) is 42.0 Å². The Kier molecular flexibility index (Phi) is 4.37. The molecule has 1 atom stereocenters. The molecule has 118 valence electrons. The van der Waals surface area contributed by atoms with E-state index in [4.69, 9.17) is 11.6 Å². The lowest BCUT2D eigenvalue weighted by molar-refractivity contribution is 0.0975. The predicted molar refractivity (Wildman–Crippen MR) is 98.0 cm³/mol. The number of ketones is 1. The summed E-state index contributed by atoms with van der Waals surface area (Å²) >= 11 is 7.67. The number of aromatic nitrogens is 1. The van der Waals surface area contributed by atoms with Crippen molar-refractivity contribution >= 4 is 44.1 Å². The molecule has 0 bridgehead atoms. The predicted octanol–water partition coefficient (Wildman–Crippen LogP) is 5.25. The van der Waals surface area contributed by atoms with Gasteiger partial charge >= 0.3 is 0 Å². The monoisotopic (exact) mass is 344 g/mol. The van der Waals surface area contributed by atoms with E-state index in [0.717, 1.165) is 26.5 Å². The molecule has 3 rings (SSSR count). The van der Waals surface area contributed by atoms with Crippen molar-refractivity contribution in [3.05, 3.63) is 58.1 Å². The highest BCUT2D eigenvalue weighted by Crippen LogP contribution is 2.32. The zero-order valence-corrected chi connectivity index (χ0v) is 14.8. The standard InChI is InChI=1S/C18H17ClN2OS/c1-10-4-6-13(7-5-10)17(22)12(3)20-18-21-16-11(2)14(19)8-9-15(16)23-18/h4-9,12H,1-3H3,(H,20,21). The summed E-state index contributed by atoms with van der Waals surface area (Å²) in [5.41, 5.74) is 3.70. The molecule has 1 aromatic heterocycles. The van der Waals surface area contributed by atoms with Gasteiger partial charge in [-0.05, 0) is 38.5 Å². The minimum atomic E-state index is -0.339. The molecule has 3 aromatic rings. The molecule has 0 spiro atoms. The molecule has 1 heterocycles. The van der Waals surface area contributed by atoms with Gasteiger partial charge in [-0.2, -0.15) is 0 Å². The van der Waals surface area contributed by atoms with Crippen LogP contribution in [0.5, 0.6) is 0 Å². The Morgan fingerprint density at radius 2 is 1.87 bits per heavy atom. The number of fused-ring (bicyclic) bond motifs is 1. The Hall–Kier alpha value is -1.91. The van der Waals surface area contributed by atoms with Crippen LogP contribution >= 0.6 is 22.9 Å². The molecular weight excluding hydrogens is 328 g/mol. The van der Waals surface area contributed by atoms with Gasteiger partial charge in [-0.1, -0.05) is 52.8 Å². The van der Waals surface area contributed by atoms with Crippen LogP contribution in [0.25, 0.3) is 10.2 Å². The van der Waals surface area contributed by atoms with Crippen molar-refractivity contribution in [2.24, 2.45) is 0 Å². The SMILES string of the molecule is Cc1ccc(C(=O)C(C)Nc2nc3c(C)c(Cl)ccc3s2)cc1. The Morgan fingerprint density at radius 1 is 1.17 bits per heavy atom. The highest BCUT2D eigenvalue weighted by atomic mass is 35.5. The van der Waals surface area contributed by atoms with Gasteiger partial charge in [-0.25, -0.2) is 4.98 Å². The number of hydrogen-bond donors (Lipinski definition) is 1. The summed E-state index contributed by atoms with van der Waals surface area (Å²) in [4.78, 5) is 17.1. The summed E-state index contributed by atoms with van der Waals surface area (Å²) < 4.78 is 1.06. The lowest BCUT2D eigenvalue weighted by Crippen LogP contribution is -2.26. The molecule has 0 aliphatic rings. The van der Waals surface area contributed by atoms with E-state index < -0.39 is 0 Å². The highest BCUT2D eigenvalue weighted by Gasteiger charge is 2.17. The first-order valence-electron chi connectivity index (χ1n) is 7.39. The Morgan fingerprint density at radius 3 is 2.57 bits per heavy atom. The number of anilines is 1. The van der Waals surface area contributed by atoms with Crippen LogP contribution in [0.15, 0.2) is 36.4 Å². The summed E-state index contributed by atoms with van der Waals surface area (Å²) in [5, 5.41) is 4.65. The number of aryl methyl sites for hydroxylation is 2. The van der Waals surface area contributed by atoms with E-state index in [2.05, 4.69) is 10.3 Å². The number of carbonyl (C=O) groups excluding carboxylic acids is 1. The molecule has 5 heteroatoms.